The molecule has 90 valence electrons. The molecule has 0 spiro atoms. The van der Waals surface area contributed by atoms with Crippen molar-refractivity contribution in [2.45, 2.75) is 43.4 Å². The van der Waals surface area contributed by atoms with Crippen LogP contribution in [0, 0.1) is 0 Å². The van der Waals surface area contributed by atoms with Crippen LogP contribution in [0.2, 0.25) is 5.15 Å². The first-order chi connectivity index (χ1) is 7.69. The molecule has 3 nitrogen and oxygen atoms in total. The second-order valence-electron chi connectivity index (χ2n) is 3.64. The maximum Gasteiger partial charge on any atom is 0.136 e. The Bertz CT molecular complexity index is 336. The van der Waals surface area contributed by atoms with Crippen molar-refractivity contribution in [3.05, 3.63) is 17.0 Å². The Morgan fingerprint density at radius 1 is 1.50 bits per heavy atom. The molecule has 0 aromatic carbocycles. The number of aliphatic hydroxyl groups excluding tert-OH is 1. The zero-order chi connectivity index (χ0) is 12.0. The summed E-state index contributed by atoms with van der Waals surface area (Å²) in [7, 11) is 0. The van der Waals surface area contributed by atoms with Crippen LogP contribution in [0.25, 0.3) is 0 Å². The van der Waals surface area contributed by atoms with Crippen LogP contribution >= 0.6 is 23.4 Å². The Hall–Kier alpha value is -0.320. The molecule has 0 amide bonds. The molecule has 0 fully saturated rings. The Morgan fingerprint density at radius 3 is 2.88 bits per heavy atom. The topological polar surface area (TPSA) is 46.0 Å². The van der Waals surface area contributed by atoms with Crippen molar-refractivity contribution in [3.63, 3.8) is 0 Å². The highest BCUT2D eigenvalue weighted by atomic mass is 35.5. The van der Waals surface area contributed by atoms with Gasteiger partial charge >= 0.3 is 0 Å². The van der Waals surface area contributed by atoms with Gasteiger partial charge in [0.25, 0.3) is 0 Å². The first-order valence-electron chi connectivity index (χ1n) is 5.45. The van der Waals surface area contributed by atoms with Gasteiger partial charge in [0, 0.05) is 17.4 Å². The largest absolute Gasteiger partial charge is 0.396 e. The fraction of sp³-hybridized carbons (Fsp3) is 0.636. The number of aromatic nitrogens is 2. The maximum absolute atomic E-state index is 8.87. The van der Waals surface area contributed by atoms with Crippen LogP contribution in [0.1, 0.15) is 32.3 Å². The Balaban J connectivity index is 2.81. The van der Waals surface area contributed by atoms with Crippen LogP contribution in [0.15, 0.2) is 11.4 Å². The molecule has 1 N–H and O–H groups in total. The van der Waals surface area contributed by atoms with Crippen LogP contribution in [0.5, 0.6) is 0 Å². The van der Waals surface area contributed by atoms with Crippen molar-refractivity contribution in [1.29, 1.82) is 0 Å². The average Bonchev–Trinajstić information content (AvgIpc) is 2.23. The highest BCUT2D eigenvalue weighted by Gasteiger charge is 2.12. The first kappa shape index (κ1) is 13.7. The van der Waals surface area contributed by atoms with Gasteiger partial charge in [0.2, 0.25) is 0 Å². The maximum atomic E-state index is 8.87. The number of hydrogen-bond donors (Lipinski definition) is 1. The van der Waals surface area contributed by atoms with Crippen LogP contribution in [0.3, 0.4) is 0 Å². The van der Waals surface area contributed by atoms with Crippen LogP contribution in [-0.4, -0.2) is 26.9 Å². The predicted molar refractivity (Wildman–Crippen MR) is 68.1 cm³/mol. The molecule has 1 atom stereocenters. The van der Waals surface area contributed by atoms with Gasteiger partial charge in [0.05, 0.1) is 0 Å². The highest BCUT2D eigenvalue weighted by molar-refractivity contribution is 7.99. The lowest BCUT2D eigenvalue weighted by atomic mass is 10.2. The lowest BCUT2D eigenvalue weighted by Crippen LogP contribution is -2.03. The number of rotatable bonds is 6. The lowest BCUT2D eigenvalue weighted by molar-refractivity contribution is 0.289. The van der Waals surface area contributed by atoms with E-state index >= 15 is 0 Å². The molecule has 0 saturated heterocycles. The number of aliphatic hydroxyl groups is 1. The molecule has 0 saturated carbocycles. The molecular weight excluding hydrogens is 244 g/mol. The van der Waals surface area contributed by atoms with Crippen LogP contribution in [-0.2, 0) is 6.42 Å². The summed E-state index contributed by atoms with van der Waals surface area (Å²) >= 11 is 7.71. The standard InChI is InChI=1S/C11H17ClN2OS/c1-3-4-9-10(12)13-7-14-11(9)16-8(2)5-6-15/h7-8,15H,3-6H2,1-2H3. The van der Waals surface area contributed by atoms with E-state index in [1.54, 1.807) is 11.8 Å². The molecule has 1 aromatic heterocycles. The quantitative estimate of drug-likeness (QED) is 0.631. The SMILES string of the molecule is CCCc1c(Cl)ncnc1SC(C)CCO. The van der Waals surface area contributed by atoms with Crippen molar-refractivity contribution in [2.75, 3.05) is 6.61 Å². The summed E-state index contributed by atoms with van der Waals surface area (Å²) in [5.74, 6) is 0. The molecule has 16 heavy (non-hydrogen) atoms. The lowest BCUT2D eigenvalue weighted by Gasteiger charge is -2.12. The van der Waals surface area contributed by atoms with E-state index in [2.05, 4.69) is 23.8 Å². The van der Waals surface area contributed by atoms with Gasteiger partial charge in [-0.1, -0.05) is 31.9 Å². The van der Waals surface area contributed by atoms with E-state index in [4.69, 9.17) is 16.7 Å². The van der Waals surface area contributed by atoms with Crippen molar-refractivity contribution in [2.24, 2.45) is 0 Å². The third-order valence-electron chi connectivity index (χ3n) is 2.20. The van der Waals surface area contributed by atoms with Gasteiger partial charge in [0.1, 0.15) is 16.5 Å². The number of thioether (sulfide) groups is 1. The molecule has 1 rings (SSSR count). The van der Waals surface area contributed by atoms with E-state index in [1.165, 1.54) is 6.33 Å². The van der Waals surface area contributed by atoms with Gasteiger partial charge in [-0.15, -0.1) is 11.8 Å². The van der Waals surface area contributed by atoms with Crippen molar-refractivity contribution in [3.8, 4) is 0 Å². The van der Waals surface area contributed by atoms with Gasteiger partial charge in [-0.3, -0.25) is 0 Å². The van der Waals surface area contributed by atoms with Crippen LogP contribution in [0.4, 0.5) is 0 Å². The second-order valence-corrected chi connectivity index (χ2v) is 5.42. The van der Waals surface area contributed by atoms with E-state index in [0.717, 1.165) is 29.9 Å². The predicted octanol–water partition coefficient (Wildman–Crippen LogP) is 2.95. The summed E-state index contributed by atoms with van der Waals surface area (Å²) in [4.78, 5) is 8.27. The molecule has 0 aliphatic heterocycles. The molecule has 0 aliphatic carbocycles. The zero-order valence-corrected chi connectivity index (χ0v) is 11.2. The summed E-state index contributed by atoms with van der Waals surface area (Å²) in [6.07, 6.45) is 4.18. The second kappa shape index (κ2) is 7.09. The number of halogens is 1. The van der Waals surface area contributed by atoms with Gasteiger partial charge in [0.15, 0.2) is 0 Å². The summed E-state index contributed by atoms with van der Waals surface area (Å²) < 4.78 is 0. The molecule has 1 heterocycles. The third-order valence-corrected chi connectivity index (χ3v) is 3.74. The molecule has 1 aromatic rings. The molecule has 0 radical (unpaired) electrons. The van der Waals surface area contributed by atoms with Crippen molar-refractivity contribution >= 4 is 23.4 Å². The van der Waals surface area contributed by atoms with Crippen LogP contribution < -0.4 is 0 Å². The van der Waals surface area contributed by atoms with Gasteiger partial charge in [-0.05, 0) is 12.8 Å². The van der Waals surface area contributed by atoms with Crippen molar-refractivity contribution in [1.82, 2.24) is 9.97 Å². The number of nitrogens with zero attached hydrogens (tertiary/aromatic N) is 2. The van der Waals surface area contributed by atoms with E-state index in [9.17, 15) is 0 Å². The third kappa shape index (κ3) is 3.92. The fourth-order valence-electron chi connectivity index (χ4n) is 1.37. The monoisotopic (exact) mass is 260 g/mol. The zero-order valence-electron chi connectivity index (χ0n) is 9.61. The van der Waals surface area contributed by atoms with Crippen molar-refractivity contribution < 1.29 is 5.11 Å². The van der Waals surface area contributed by atoms with Gasteiger partial charge in [-0.25, -0.2) is 9.97 Å². The Kier molecular flexibility index (Phi) is 6.09. The molecule has 0 aliphatic rings. The molecule has 5 heteroatoms. The van der Waals surface area contributed by atoms with Gasteiger partial charge < -0.3 is 5.11 Å². The fourth-order valence-corrected chi connectivity index (χ4v) is 2.71. The first-order valence-corrected chi connectivity index (χ1v) is 6.71. The van der Waals surface area contributed by atoms with E-state index in [0.29, 0.717) is 10.4 Å². The molecule has 1 unspecified atom stereocenters. The van der Waals surface area contributed by atoms with E-state index < -0.39 is 0 Å². The van der Waals surface area contributed by atoms with E-state index in [-0.39, 0.29) is 6.61 Å². The minimum Gasteiger partial charge on any atom is -0.396 e. The van der Waals surface area contributed by atoms with Gasteiger partial charge in [-0.2, -0.15) is 0 Å². The minimum atomic E-state index is 0.204. The molecule has 0 bridgehead atoms. The summed E-state index contributed by atoms with van der Waals surface area (Å²) in [5, 5.41) is 10.7. The Labute approximate surface area is 106 Å². The highest BCUT2D eigenvalue weighted by Crippen LogP contribution is 2.29. The smallest absolute Gasteiger partial charge is 0.136 e. The normalized spacial score (nSPS) is 12.8. The number of hydrogen-bond acceptors (Lipinski definition) is 4. The van der Waals surface area contributed by atoms with E-state index in [1.807, 2.05) is 0 Å². The Morgan fingerprint density at radius 2 is 2.25 bits per heavy atom. The summed E-state index contributed by atoms with van der Waals surface area (Å²) in [6, 6.07) is 0. The summed E-state index contributed by atoms with van der Waals surface area (Å²) in [6.45, 7) is 4.39. The minimum absolute atomic E-state index is 0.204. The average molecular weight is 261 g/mol. The molecular formula is C11H17ClN2OS. The summed E-state index contributed by atoms with van der Waals surface area (Å²) in [5.41, 5.74) is 1.03.